The molecule has 0 aliphatic carbocycles. The van der Waals surface area contributed by atoms with Crippen molar-refractivity contribution >= 4 is 5.69 Å². The molecule has 2 unspecified atom stereocenters. The summed E-state index contributed by atoms with van der Waals surface area (Å²) >= 11 is 0. The predicted molar refractivity (Wildman–Crippen MR) is 130 cm³/mol. The van der Waals surface area contributed by atoms with Gasteiger partial charge in [-0.25, -0.2) is 0 Å². The van der Waals surface area contributed by atoms with Crippen molar-refractivity contribution in [1.82, 2.24) is 0 Å². The lowest BCUT2D eigenvalue weighted by molar-refractivity contribution is -0.0319. The highest BCUT2D eigenvalue weighted by atomic mass is 16.6. The van der Waals surface area contributed by atoms with Crippen molar-refractivity contribution in [2.45, 2.75) is 18.3 Å². The van der Waals surface area contributed by atoms with Crippen molar-refractivity contribution in [3.8, 4) is 17.2 Å². The molecule has 0 N–H and O–H groups in total. The van der Waals surface area contributed by atoms with Gasteiger partial charge in [-0.3, -0.25) is 0 Å². The Morgan fingerprint density at radius 3 is 1.45 bits per heavy atom. The summed E-state index contributed by atoms with van der Waals surface area (Å²) in [5.41, 5.74) is 1.01. The third-order valence-corrected chi connectivity index (χ3v) is 5.64. The number of piperidine rings is 1. The molecule has 2 atom stereocenters. The monoisotopic (exact) mass is 436 g/mol. The van der Waals surface area contributed by atoms with Crippen molar-refractivity contribution in [1.29, 1.82) is 0 Å². The second-order valence-electron chi connectivity index (χ2n) is 7.99. The quantitative estimate of drug-likeness (QED) is 0.375. The molecule has 0 aromatic heterocycles. The van der Waals surface area contributed by atoms with E-state index in [0.29, 0.717) is 13.1 Å². The number of anilines is 1. The molecule has 1 aliphatic heterocycles. The van der Waals surface area contributed by atoms with Gasteiger partial charge in [-0.1, -0.05) is 72.8 Å². The van der Waals surface area contributed by atoms with Crippen LogP contribution in [0.3, 0.4) is 0 Å². The van der Waals surface area contributed by atoms with Crippen LogP contribution >= 0.6 is 0 Å². The van der Waals surface area contributed by atoms with Gasteiger partial charge in [0.2, 0.25) is 0 Å². The molecule has 0 amide bonds. The Labute approximate surface area is 195 Å². The summed E-state index contributed by atoms with van der Waals surface area (Å²) in [6.45, 7) is 1.31. The molecule has 1 fully saturated rings. The van der Waals surface area contributed by atoms with E-state index in [1.54, 1.807) is 0 Å². The standard InChI is InChI=1S/C29H26NO3/c1-5-13-23(14-6-1)30-21-27(31-24-15-7-2-8-16-24)29(33-26-19-11-4-12-20-26)28(22-30)32-25-17-9-3-10-18-25/h1-13,15-20,27-29H,21-22H2. The molecule has 0 saturated carbocycles. The lowest BCUT2D eigenvalue weighted by Gasteiger charge is -2.43. The van der Waals surface area contributed by atoms with E-state index >= 15 is 0 Å². The molecular weight excluding hydrogens is 410 g/mol. The van der Waals surface area contributed by atoms with Gasteiger partial charge in [0.15, 0.2) is 18.3 Å². The van der Waals surface area contributed by atoms with Gasteiger partial charge in [-0.05, 0) is 42.5 Å². The predicted octanol–water partition coefficient (Wildman–Crippen LogP) is 5.65. The van der Waals surface area contributed by atoms with Gasteiger partial charge in [0.25, 0.3) is 0 Å². The molecule has 4 nitrogen and oxygen atoms in total. The molecule has 4 aromatic rings. The first-order valence-corrected chi connectivity index (χ1v) is 11.2. The Kier molecular flexibility index (Phi) is 6.43. The minimum absolute atomic E-state index is 0.260. The zero-order chi connectivity index (χ0) is 22.3. The Bertz CT molecular complexity index is 1060. The fourth-order valence-corrected chi connectivity index (χ4v) is 4.10. The molecular formula is C29H26NO3. The third-order valence-electron chi connectivity index (χ3n) is 5.64. The van der Waals surface area contributed by atoms with Crippen molar-refractivity contribution in [2.75, 3.05) is 18.0 Å². The Hall–Kier alpha value is -3.92. The third kappa shape index (κ3) is 5.29. The van der Waals surface area contributed by atoms with Crippen LogP contribution in [-0.4, -0.2) is 31.4 Å². The lowest BCUT2D eigenvalue weighted by atomic mass is 10.00. The van der Waals surface area contributed by atoms with E-state index in [0.717, 1.165) is 22.9 Å². The first kappa shape index (κ1) is 21.0. The number of hydrogen-bond acceptors (Lipinski definition) is 4. The molecule has 5 rings (SSSR count). The van der Waals surface area contributed by atoms with Crippen LogP contribution in [0, 0.1) is 6.07 Å². The summed E-state index contributed by atoms with van der Waals surface area (Å²) in [4.78, 5) is 2.26. The topological polar surface area (TPSA) is 30.9 Å². The van der Waals surface area contributed by atoms with Gasteiger partial charge in [0.1, 0.15) is 17.2 Å². The summed E-state index contributed by atoms with van der Waals surface area (Å²) in [6.07, 6.45) is -0.833. The van der Waals surface area contributed by atoms with Crippen LogP contribution in [0.15, 0.2) is 115 Å². The second-order valence-corrected chi connectivity index (χ2v) is 7.99. The van der Waals surface area contributed by atoms with E-state index in [4.69, 9.17) is 14.2 Å². The van der Waals surface area contributed by atoms with Gasteiger partial charge < -0.3 is 19.1 Å². The van der Waals surface area contributed by atoms with Crippen LogP contribution in [0.1, 0.15) is 0 Å². The van der Waals surface area contributed by atoms with Crippen molar-refractivity contribution in [2.24, 2.45) is 0 Å². The minimum Gasteiger partial charge on any atom is -0.485 e. The highest BCUT2D eigenvalue weighted by Gasteiger charge is 2.42. The van der Waals surface area contributed by atoms with E-state index in [1.807, 2.05) is 109 Å². The molecule has 33 heavy (non-hydrogen) atoms. The maximum Gasteiger partial charge on any atom is 0.175 e. The molecule has 1 radical (unpaired) electrons. The van der Waals surface area contributed by atoms with Gasteiger partial charge in [-0.2, -0.15) is 0 Å². The van der Waals surface area contributed by atoms with E-state index in [2.05, 4.69) is 17.0 Å². The Morgan fingerprint density at radius 2 is 1.00 bits per heavy atom. The largest absolute Gasteiger partial charge is 0.485 e. The van der Waals surface area contributed by atoms with Crippen molar-refractivity contribution < 1.29 is 14.2 Å². The molecule has 0 spiro atoms. The van der Waals surface area contributed by atoms with Crippen LogP contribution in [0.4, 0.5) is 5.69 Å². The first-order valence-electron chi connectivity index (χ1n) is 11.2. The van der Waals surface area contributed by atoms with Crippen LogP contribution in [-0.2, 0) is 0 Å². The average molecular weight is 437 g/mol. The van der Waals surface area contributed by atoms with Gasteiger partial charge in [-0.15, -0.1) is 0 Å². The molecule has 1 saturated heterocycles. The molecule has 4 aromatic carbocycles. The number of ether oxygens (including phenoxy) is 3. The summed E-state index contributed by atoms with van der Waals surface area (Å²) in [6, 6.07) is 41.0. The Morgan fingerprint density at radius 1 is 0.545 bits per heavy atom. The van der Waals surface area contributed by atoms with Gasteiger partial charge in [0.05, 0.1) is 13.1 Å². The maximum atomic E-state index is 6.52. The van der Waals surface area contributed by atoms with Crippen LogP contribution < -0.4 is 19.1 Å². The fraction of sp³-hybridized carbons (Fsp3) is 0.172. The van der Waals surface area contributed by atoms with E-state index in [-0.39, 0.29) is 18.3 Å². The fourth-order valence-electron chi connectivity index (χ4n) is 4.10. The molecule has 165 valence electrons. The zero-order valence-corrected chi connectivity index (χ0v) is 18.3. The van der Waals surface area contributed by atoms with E-state index in [9.17, 15) is 0 Å². The number of hydrogen-bond donors (Lipinski definition) is 0. The number of rotatable bonds is 7. The second kappa shape index (κ2) is 10.1. The zero-order valence-electron chi connectivity index (χ0n) is 18.3. The van der Waals surface area contributed by atoms with E-state index < -0.39 is 0 Å². The molecule has 0 bridgehead atoms. The van der Waals surface area contributed by atoms with Crippen LogP contribution in [0.25, 0.3) is 0 Å². The summed E-state index contributed by atoms with van der Waals surface area (Å²) in [5.74, 6) is 2.41. The smallest absolute Gasteiger partial charge is 0.175 e. The van der Waals surface area contributed by atoms with Crippen LogP contribution in [0.2, 0.25) is 0 Å². The average Bonchev–Trinajstić information content (AvgIpc) is 2.88. The Balaban J connectivity index is 1.49. The van der Waals surface area contributed by atoms with Gasteiger partial charge >= 0.3 is 0 Å². The van der Waals surface area contributed by atoms with Gasteiger partial charge in [0, 0.05) is 11.8 Å². The summed E-state index contributed by atoms with van der Waals surface area (Å²) in [5, 5.41) is 0. The first-order chi connectivity index (χ1) is 16.3. The van der Waals surface area contributed by atoms with Crippen molar-refractivity contribution in [3.05, 3.63) is 121 Å². The number of para-hydroxylation sites is 4. The highest BCUT2D eigenvalue weighted by Crippen LogP contribution is 2.29. The van der Waals surface area contributed by atoms with Crippen LogP contribution in [0.5, 0.6) is 17.2 Å². The summed E-state index contributed by atoms with van der Waals surface area (Å²) in [7, 11) is 0. The normalized spacial score (nSPS) is 20.1. The highest BCUT2D eigenvalue weighted by molar-refractivity contribution is 5.46. The molecule has 4 heteroatoms. The number of nitrogens with zero attached hydrogens (tertiary/aromatic N) is 1. The minimum atomic E-state index is -0.312. The SMILES string of the molecule is [c]1ccccc1N1CC(Oc2ccccc2)C(Oc2ccccc2)C(Oc2ccccc2)C1. The number of benzene rings is 4. The van der Waals surface area contributed by atoms with Crippen molar-refractivity contribution in [3.63, 3.8) is 0 Å². The molecule has 1 heterocycles. The summed E-state index contributed by atoms with van der Waals surface area (Å²) < 4.78 is 19.5. The van der Waals surface area contributed by atoms with E-state index in [1.165, 1.54) is 0 Å². The lowest BCUT2D eigenvalue weighted by Crippen LogP contribution is -2.61. The maximum absolute atomic E-state index is 6.52. The molecule has 1 aliphatic rings.